The van der Waals surface area contributed by atoms with E-state index in [1.165, 1.54) is 22.8 Å². The van der Waals surface area contributed by atoms with Crippen LogP contribution in [0, 0.1) is 5.82 Å². The molecular weight excluding hydrogens is 247 g/mol. The fraction of sp³-hybridized carbons (Fsp3) is 0.0526. The highest BCUT2D eigenvalue weighted by Gasteiger charge is 2.20. The summed E-state index contributed by atoms with van der Waals surface area (Å²) in [6.45, 7) is 4.25. The van der Waals surface area contributed by atoms with Gasteiger partial charge in [-0.15, -0.1) is 0 Å². The van der Waals surface area contributed by atoms with E-state index in [4.69, 9.17) is 0 Å². The van der Waals surface area contributed by atoms with Gasteiger partial charge in [-0.1, -0.05) is 49.0 Å². The van der Waals surface area contributed by atoms with Gasteiger partial charge in [-0.05, 0) is 57.2 Å². The molecule has 0 heterocycles. The first kappa shape index (κ1) is 11.4. The van der Waals surface area contributed by atoms with E-state index in [0.717, 1.165) is 28.3 Å². The predicted octanol–water partition coefficient (Wildman–Crippen LogP) is 4.94. The summed E-state index contributed by atoms with van der Waals surface area (Å²) in [5.74, 6) is -0.197. The topological polar surface area (TPSA) is 0 Å². The van der Waals surface area contributed by atoms with Crippen LogP contribution in [0.15, 0.2) is 61.2 Å². The molecule has 0 nitrogen and oxygen atoms in total. The number of hydrogen-bond acceptors (Lipinski definition) is 0. The first-order chi connectivity index (χ1) is 9.74. The standard InChI is InChI=1S/C19H13F/c1-12-17-5-3-2-4-14(17)10-15-7-6-13-8-9-16(20)11-18(13)19(12)15/h2-9,11H,1,10H2. The van der Waals surface area contributed by atoms with Gasteiger partial charge in [0, 0.05) is 0 Å². The van der Waals surface area contributed by atoms with Gasteiger partial charge < -0.3 is 0 Å². The maximum Gasteiger partial charge on any atom is 0.123 e. The monoisotopic (exact) mass is 260 g/mol. The van der Waals surface area contributed by atoms with Crippen molar-refractivity contribution in [2.75, 3.05) is 0 Å². The molecule has 1 aliphatic rings. The fourth-order valence-electron chi connectivity index (χ4n) is 3.15. The van der Waals surface area contributed by atoms with Crippen LogP contribution in [0.5, 0.6) is 0 Å². The number of halogens is 1. The molecule has 0 radical (unpaired) electrons. The zero-order chi connectivity index (χ0) is 13.7. The number of fused-ring (bicyclic) bond motifs is 4. The summed E-state index contributed by atoms with van der Waals surface area (Å²) < 4.78 is 13.6. The number of benzene rings is 3. The molecular formula is C19H13F. The molecule has 0 bridgehead atoms. The maximum absolute atomic E-state index is 13.6. The van der Waals surface area contributed by atoms with Crippen LogP contribution >= 0.6 is 0 Å². The van der Waals surface area contributed by atoms with E-state index in [1.54, 1.807) is 6.07 Å². The summed E-state index contributed by atoms with van der Waals surface area (Å²) in [4.78, 5) is 0. The molecule has 0 aliphatic heterocycles. The molecule has 1 heteroatoms. The van der Waals surface area contributed by atoms with Crippen LogP contribution in [-0.4, -0.2) is 0 Å². The van der Waals surface area contributed by atoms with Crippen LogP contribution in [0.2, 0.25) is 0 Å². The minimum atomic E-state index is -0.197. The second-order valence-corrected chi connectivity index (χ2v) is 5.28. The van der Waals surface area contributed by atoms with Gasteiger partial charge in [-0.3, -0.25) is 0 Å². The van der Waals surface area contributed by atoms with E-state index in [0.29, 0.717) is 0 Å². The predicted molar refractivity (Wildman–Crippen MR) is 81.3 cm³/mol. The zero-order valence-corrected chi connectivity index (χ0v) is 11.0. The van der Waals surface area contributed by atoms with Crippen LogP contribution in [0.25, 0.3) is 16.3 Å². The second-order valence-electron chi connectivity index (χ2n) is 5.28. The van der Waals surface area contributed by atoms with Crippen LogP contribution < -0.4 is 0 Å². The third-order valence-electron chi connectivity index (χ3n) is 4.10. The summed E-state index contributed by atoms with van der Waals surface area (Å²) in [5.41, 5.74) is 5.79. The quantitative estimate of drug-likeness (QED) is 0.420. The molecule has 0 spiro atoms. The molecule has 0 amide bonds. The molecule has 96 valence electrons. The molecule has 3 aromatic carbocycles. The van der Waals surface area contributed by atoms with Crippen molar-refractivity contribution in [2.24, 2.45) is 0 Å². The average Bonchev–Trinajstić information content (AvgIpc) is 2.47. The van der Waals surface area contributed by atoms with Gasteiger partial charge in [0.25, 0.3) is 0 Å². The van der Waals surface area contributed by atoms with Gasteiger partial charge >= 0.3 is 0 Å². The lowest BCUT2D eigenvalue weighted by atomic mass is 9.80. The molecule has 0 aromatic heterocycles. The molecule has 3 aromatic rings. The lowest BCUT2D eigenvalue weighted by molar-refractivity contribution is 0.629. The van der Waals surface area contributed by atoms with Gasteiger partial charge in [-0.2, -0.15) is 0 Å². The molecule has 0 atom stereocenters. The Kier molecular flexibility index (Phi) is 2.31. The lowest BCUT2D eigenvalue weighted by Gasteiger charge is -2.23. The van der Waals surface area contributed by atoms with Crippen LogP contribution in [0.3, 0.4) is 0 Å². The lowest BCUT2D eigenvalue weighted by Crippen LogP contribution is -2.06. The Balaban J connectivity index is 2.06. The molecule has 4 rings (SSSR count). The van der Waals surface area contributed by atoms with Crippen LogP contribution in [0.1, 0.15) is 22.3 Å². The molecule has 0 saturated heterocycles. The van der Waals surface area contributed by atoms with Crippen molar-refractivity contribution < 1.29 is 4.39 Å². The Labute approximate surface area is 117 Å². The summed E-state index contributed by atoms with van der Waals surface area (Å²) in [5, 5.41) is 2.02. The minimum absolute atomic E-state index is 0.197. The van der Waals surface area contributed by atoms with Crippen molar-refractivity contribution in [3.8, 4) is 0 Å². The van der Waals surface area contributed by atoms with E-state index in [9.17, 15) is 4.39 Å². The molecule has 0 N–H and O–H groups in total. The zero-order valence-electron chi connectivity index (χ0n) is 11.0. The Morgan fingerprint density at radius 3 is 2.60 bits per heavy atom. The SMILES string of the molecule is C=C1c2ccccc2Cc2ccc3ccc(F)cc3c21. The summed E-state index contributed by atoms with van der Waals surface area (Å²) in [7, 11) is 0. The highest BCUT2D eigenvalue weighted by atomic mass is 19.1. The van der Waals surface area contributed by atoms with Crippen LogP contribution in [-0.2, 0) is 6.42 Å². The van der Waals surface area contributed by atoms with Gasteiger partial charge in [-0.25, -0.2) is 4.39 Å². The van der Waals surface area contributed by atoms with E-state index >= 15 is 0 Å². The third-order valence-corrected chi connectivity index (χ3v) is 4.10. The van der Waals surface area contributed by atoms with Gasteiger partial charge in [0.05, 0.1) is 0 Å². The highest BCUT2D eigenvalue weighted by molar-refractivity contribution is 6.00. The van der Waals surface area contributed by atoms with E-state index in [2.05, 4.69) is 36.9 Å². The van der Waals surface area contributed by atoms with Crippen LogP contribution in [0.4, 0.5) is 4.39 Å². The van der Waals surface area contributed by atoms with E-state index in [1.807, 2.05) is 12.1 Å². The first-order valence-corrected chi connectivity index (χ1v) is 6.73. The largest absolute Gasteiger partial charge is 0.207 e. The number of hydrogen-bond donors (Lipinski definition) is 0. The summed E-state index contributed by atoms with van der Waals surface area (Å²) in [6, 6.07) is 17.5. The second kappa shape index (κ2) is 4.04. The van der Waals surface area contributed by atoms with Gasteiger partial charge in [0.1, 0.15) is 5.82 Å². The van der Waals surface area contributed by atoms with Crippen molar-refractivity contribution in [1.82, 2.24) is 0 Å². The Bertz CT molecular complexity index is 859. The van der Waals surface area contributed by atoms with Crippen molar-refractivity contribution in [3.05, 3.63) is 89.2 Å². The maximum atomic E-state index is 13.6. The normalized spacial score (nSPS) is 13.2. The molecule has 0 fully saturated rings. The molecule has 20 heavy (non-hydrogen) atoms. The van der Waals surface area contributed by atoms with E-state index in [-0.39, 0.29) is 5.82 Å². The highest BCUT2D eigenvalue weighted by Crippen LogP contribution is 2.38. The Hall–Kier alpha value is -2.41. The smallest absolute Gasteiger partial charge is 0.123 e. The van der Waals surface area contributed by atoms with Gasteiger partial charge in [0.15, 0.2) is 0 Å². The van der Waals surface area contributed by atoms with E-state index < -0.39 is 0 Å². The fourth-order valence-corrected chi connectivity index (χ4v) is 3.15. The average molecular weight is 260 g/mol. The van der Waals surface area contributed by atoms with Crippen molar-refractivity contribution in [1.29, 1.82) is 0 Å². The summed E-state index contributed by atoms with van der Waals surface area (Å²) in [6.07, 6.45) is 0.886. The van der Waals surface area contributed by atoms with Crippen molar-refractivity contribution >= 4 is 16.3 Å². The number of rotatable bonds is 0. The third kappa shape index (κ3) is 1.53. The molecule has 1 aliphatic carbocycles. The first-order valence-electron chi connectivity index (χ1n) is 6.73. The Morgan fingerprint density at radius 2 is 1.70 bits per heavy atom. The summed E-state index contributed by atoms with van der Waals surface area (Å²) >= 11 is 0. The minimum Gasteiger partial charge on any atom is -0.207 e. The van der Waals surface area contributed by atoms with Crippen molar-refractivity contribution in [3.63, 3.8) is 0 Å². The van der Waals surface area contributed by atoms with Gasteiger partial charge in [0.2, 0.25) is 0 Å². The van der Waals surface area contributed by atoms with Crippen molar-refractivity contribution in [2.45, 2.75) is 6.42 Å². The Morgan fingerprint density at radius 1 is 0.900 bits per heavy atom. The molecule has 0 saturated carbocycles. The molecule has 0 unspecified atom stereocenters.